The largest absolute Gasteiger partial charge is 0.370 e. The highest BCUT2D eigenvalue weighted by Crippen LogP contribution is 2.06. The van der Waals surface area contributed by atoms with Gasteiger partial charge in [0.15, 0.2) is 5.78 Å². The van der Waals surface area contributed by atoms with E-state index < -0.39 is 0 Å². The van der Waals surface area contributed by atoms with Crippen molar-refractivity contribution in [3.63, 3.8) is 0 Å². The van der Waals surface area contributed by atoms with Crippen molar-refractivity contribution in [2.24, 2.45) is 0 Å². The van der Waals surface area contributed by atoms with Crippen LogP contribution in [0.2, 0.25) is 0 Å². The van der Waals surface area contributed by atoms with E-state index in [1.807, 2.05) is 6.92 Å². The van der Waals surface area contributed by atoms with Gasteiger partial charge in [0, 0.05) is 18.3 Å². The van der Waals surface area contributed by atoms with Crippen molar-refractivity contribution in [1.82, 2.24) is 4.98 Å². The van der Waals surface area contributed by atoms with Gasteiger partial charge in [-0.3, -0.25) is 4.79 Å². The lowest BCUT2D eigenvalue weighted by Crippen LogP contribution is -2.03. The maximum atomic E-state index is 11.2. The van der Waals surface area contributed by atoms with Crippen molar-refractivity contribution >= 4 is 27.5 Å². The number of nitrogens with zero attached hydrogens (tertiary/aromatic N) is 1. The Bertz CT molecular complexity index is 284. The molecule has 1 heterocycles. The van der Waals surface area contributed by atoms with E-state index in [-0.39, 0.29) is 5.78 Å². The van der Waals surface area contributed by atoms with E-state index in [1.54, 1.807) is 18.3 Å². The average molecular weight is 243 g/mol. The molecule has 0 saturated carbocycles. The van der Waals surface area contributed by atoms with Crippen LogP contribution in [0.5, 0.6) is 0 Å². The number of pyridine rings is 1. The molecular weight excluding hydrogens is 232 g/mol. The van der Waals surface area contributed by atoms with Gasteiger partial charge in [-0.25, -0.2) is 4.98 Å². The van der Waals surface area contributed by atoms with Crippen LogP contribution in [-0.4, -0.2) is 22.6 Å². The van der Waals surface area contributed by atoms with E-state index in [4.69, 9.17) is 0 Å². The van der Waals surface area contributed by atoms with Crippen molar-refractivity contribution in [2.75, 3.05) is 17.2 Å². The van der Waals surface area contributed by atoms with Gasteiger partial charge in [-0.1, -0.05) is 15.9 Å². The predicted octanol–water partition coefficient (Wildman–Crippen LogP) is 2.09. The number of carbonyl (C=O) groups is 1. The van der Waals surface area contributed by atoms with Crippen molar-refractivity contribution in [2.45, 2.75) is 6.92 Å². The first kappa shape index (κ1) is 10.2. The third-order valence-electron chi connectivity index (χ3n) is 1.56. The van der Waals surface area contributed by atoms with E-state index >= 15 is 0 Å². The number of Topliss-reactive ketones (excluding diaryl/α,β-unsaturated/α-hetero) is 1. The monoisotopic (exact) mass is 242 g/mol. The highest BCUT2D eigenvalue weighted by atomic mass is 79.9. The Morgan fingerprint density at radius 1 is 1.62 bits per heavy atom. The Morgan fingerprint density at radius 2 is 2.38 bits per heavy atom. The Labute approximate surface area is 85.7 Å². The molecule has 0 aliphatic heterocycles. The Balaban J connectivity index is 2.75. The predicted molar refractivity (Wildman–Crippen MR) is 56.5 cm³/mol. The number of nitrogens with one attached hydrogen (secondary N) is 1. The quantitative estimate of drug-likeness (QED) is 0.650. The van der Waals surface area contributed by atoms with Gasteiger partial charge in [0.1, 0.15) is 5.82 Å². The molecule has 1 N–H and O–H groups in total. The zero-order valence-electron chi connectivity index (χ0n) is 7.38. The summed E-state index contributed by atoms with van der Waals surface area (Å²) in [5, 5.41) is 3.40. The summed E-state index contributed by atoms with van der Waals surface area (Å²) >= 11 is 3.11. The average Bonchev–Trinajstić information content (AvgIpc) is 2.18. The molecule has 13 heavy (non-hydrogen) atoms. The molecule has 70 valence electrons. The lowest BCUT2D eigenvalue weighted by atomic mass is 10.2. The van der Waals surface area contributed by atoms with E-state index in [1.165, 1.54) is 0 Å². The Hall–Kier alpha value is -0.900. The minimum atomic E-state index is 0.0514. The lowest BCUT2D eigenvalue weighted by Gasteiger charge is -2.01. The van der Waals surface area contributed by atoms with Crippen LogP contribution in [0.25, 0.3) is 0 Å². The van der Waals surface area contributed by atoms with Gasteiger partial charge in [-0.2, -0.15) is 0 Å². The molecule has 0 saturated heterocycles. The Kier molecular flexibility index (Phi) is 3.89. The number of rotatable bonds is 4. The summed E-state index contributed by atoms with van der Waals surface area (Å²) in [6.45, 7) is 2.83. The van der Waals surface area contributed by atoms with Gasteiger partial charge in [-0.05, 0) is 19.1 Å². The summed E-state index contributed by atoms with van der Waals surface area (Å²) < 4.78 is 0. The molecule has 0 fully saturated rings. The molecule has 1 rings (SSSR count). The molecule has 0 amide bonds. The van der Waals surface area contributed by atoms with Crippen LogP contribution in [0.15, 0.2) is 18.3 Å². The third kappa shape index (κ3) is 2.81. The lowest BCUT2D eigenvalue weighted by molar-refractivity contribution is 0.102. The molecule has 0 aliphatic carbocycles. The van der Waals surface area contributed by atoms with Gasteiger partial charge < -0.3 is 5.32 Å². The van der Waals surface area contributed by atoms with Crippen molar-refractivity contribution in [1.29, 1.82) is 0 Å². The Morgan fingerprint density at radius 3 is 2.85 bits per heavy atom. The fourth-order valence-corrected chi connectivity index (χ4v) is 1.25. The van der Waals surface area contributed by atoms with Crippen LogP contribution in [0.3, 0.4) is 0 Å². The van der Waals surface area contributed by atoms with Crippen molar-refractivity contribution < 1.29 is 4.79 Å². The van der Waals surface area contributed by atoms with E-state index in [0.717, 1.165) is 12.4 Å². The first-order chi connectivity index (χ1) is 6.27. The van der Waals surface area contributed by atoms with E-state index in [9.17, 15) is 4.79 Å². The molecule has 0 radical (unpaired) electrons. The molecule has 0 spiro atoms. The molecule has 1 aromatic rings. The minimum Gasteiger partial charge on any atom is -0.370 e. The van der Waals surface area contributed by atoms with E-state index in [0.29, 0.717) is 10.9 Å². The van der Waals surface area contributed by atoms with Crippen molar-refractivity contribution in [3.8, 4) is 0 Å². The molecule has 4 heteroatoms. The number of alkyl halides is 1. The normalized spacial score (nSPS) is 9.69. The number of carbonyl (C=O) groups excluding carboxylic acids is 1. The summed E-state index contributed by atoms with van der Waals surface area (Å²) in [4.78, 5) is 15.3. The molecule has 0 atom stereocenters. The number of ketones is 1. The summed E-state index contributed by atoms with van der Waals surface area (Å²) in [7, 11) is 0. The summed E-state index contributed by atoms with van der Waals surface area (Å²) in [6, 6.07) is 3.58. The highest BCUT2D eigenvalue weighted by Gasteiger charge is 2.03. The topological polar surface area (TPSA) is 42.0 Å². The number of aromatic nitrogens is 1. The molecular formula is C9H11BrN2O. The fraction of sp³-hybridized carbons (Fsp3) is 0.333. The van der Waals surface area contributed by atoms with Crippen LogP contribution >= 0.6 is 15.9 Å². The second-order valence-corrected chi connectivity index (χ2v) is 3.08. The zero-order chi connectivity index (χ0) is 9.68. The number of anilines is 1. The molecule has 3 nitrogen and oxygen atoms in total. The van der Waals surface area contributed by atoms with Gasteiger partial charge in [0.2, 0.25) is 0 Å². The molecule has 1 aromatic heterocycles. The summed E-state index contributed by atoms with van der Waals surface area (Å²) in [6.07, 6.45) is 1.58. The van der Waals surface area contributed by atoms with Gasteiger partial charge in [0.05, 0.1) is 5.33 Å². The molecule has 0 bridgehead atoms. The standard InChI is InChI=1S/C9H11BrN2O/c1-2-11-9-4-3-7(6-12-9)8(13)5-10/h3-4,6H,2,5H2,1H3,(H,11,12). The number of hydrogen-bond acceptors (Lipinski definition) is 3. The SMILES string of the molecule is CCNc1ccc(C(=O)CBr)cn1. The van der Waals surface area contributed by atoms with Crippen LogP contribution in [0, 0.1) is 0 Å². The summed E-state index contributed by atoms with van der Waals surface area (Å²) in [5.74, 6) is 0.851. The molecule has 0 unspecified atom stereocenters. The van der Waals surface area contributed by atoms with E-state index in [2.05, 4.69) is 26.2 Å². The summed E-state index contributed by atoms with van der Waals surface area (Å²) in [5.41, 5.74) is 0.638. The minimum absolute atomic E-state index is 0.0514. The molecule has 0 aromatic carbocycles. The number of hydrogen-bond donors (Lipinski definition) is 1. The van der Waals surface area contributed by atoms with Crippen LogP contribution < -0.4 is 5.32 Å². The first-order valence-corrected chi connectivity index (χ1v) is 5.19. The second kappa shape index (κ2) is 4.97. The van der Waals surface area contributed by atoms with Crippen LogP contribution in [0.1, 0.15) is 17.3 Å². The van der Waals surface area contributed by atoms with Gasteiger partial charge in [0.25, 0.3) is 0 Å². The number of halogens is 1. The molecule has 0 aliphatic rings. The first-order valence-electron chi connectivity index (χ1n) is 4.07. The van der Waals surface area contributed by atoms with Gasteiger partial charge in [-0.15, -0.1) is 0 Å². The zero-order valence-corrected chi connectivity index (χ0v) is 8.97. The third-order valence-corrected chi connectivity index (χ3v) is 2.07. The maximum absolute atomic E-state index is 11.2. The highest BCUT2D eigenvalue weighted by molar-refractivity contribution is 9.09. The fourth-order valence-electron chi connectivity index (χ4n) is 0.922. The van der Waals surface area contributed by atoms with Gasteiger partial charge >= 0.3 is 0 Å². The van der Waals surface area contributed by atoms with Crippen molar-refractivity contribution in [3.05, 3.63) is 23.9 Å². The second-order valence-electron chi connectivity index (χ2n) is 2.52. The van der Waals surface area contributed by atoms with Crippen LogP contribution in [0.4, 0.5) is 5.82 Å². The smallest absolute Gasteiger partial charge is 0.174 e. The van der Waals surface area contributed by atoms with Crippen LogP contribution in [-0.2, 0) is 0 Å². The maximum Gasteiger partial charge on any atom is 0.174 e.